The van der Waals surface area contributed by atoms with E-state index in [1.54, 1.807) is 6.07 Å². The molecule has 3 aromatic rings. The Labute approximate surface area is 189 Å². The summed E-state index contributed by atoms with van der Waals surface area (Å²) in [6, 6.07) is 20.9. The van der Waals surface area contributed by atoms with Crippen molar-refractivity contribution < 1.29 is 19.6 Å². The molecule has 3 aromatic carbocycles. The van der Waals surface area contributed by atoms with Crippen molar-refractivity contribution in [3.05, 3.63) is 100 Å². The molecule has 2 bridgehead atoms. The van der Waals surface area contributed by atoms with Crippen LogP contribution in [0.3, 0.4) is 0 Å². The van der Waals surface area contributed by atoms with Gasteiger partial charge in [-0.3, -0.25) is 19.6 Å². The zero-order valence-corrected chi connectivity index (χ0v) is 17.6. The van der Waals surface area contributed by atoms with Crippen molar-refractivity contribution in [3.63, 3.8) is 0 Å². The third kappa shape index (κ3) is 2.23. The van der Waals surface area contributed by atoms with Crippen molar-refractivity contribution >= 4 is 29.0 Å². The van der Waals surface area contributed by atoms with E-state index >= 15 is 0 Å². The van der Waals surface area contributed by atoms with Crippen LogP contribution in [0.1, 0.15) is 35.1 Å². The summed E-state index contributed by atoms with van der Waals surface area (Å²) in [5.74, 6) is -3.35. The van der Waals surface area contributed by atoms with Crippen LogP contribution in [-0.4, -0.2) is 22.8 Å². The predicted octanol–water partition coefficient (Wildman–Crippen LogP) is 3.52. The van der Waals surface area contributed by atoms with E-state index in [1.165, 1.54) is 25.1 Å². The predicted molar refractivity (Wildman–Crippen MR) is 120 cm³/mol. The molecule has 0 unspecified atom stereocenters. The van der Waals surface area contributed by atoms with E-state index in [2.05, 4.69) is 0 Å². The van der Waals surface area contributed by atoms with Crippen molar-refractivity contribution in [1.29, 1.82) is 0 Å². The van der Waals surface area contributed by atoms with Crippen LogP contribution in [0.2, 0.25) is 0 Å². The number of ketones is 1. The Bertz CT molecular complexity index is 1320. The third-order valence-corrected chi connectivity index (χ3v) is 7.50. The lowest BCUT2D eigenvalue weighted by atomic mass is 9.46. The van der Waals surface area contributed by atoms with E-state index in [0.717, 1.165) is 27.2 Å². The van der Waals surface area contributed by atoms with Crippen molar-refractivity contribution in [1.82, 2.24) is 0 Å². The Balaban J connectivity index is 1.66. The monoisotopic (exact) mass is 439 g/mol. The fourth-order valence-corrected chi connectivity index (χ4v) is 6.42. The van der Waals surface area contributed by atoms with Crippen LogP contribution in [0.4, 0.5) is 11.4 Å². The summed E-state index contributed by atoms with van der Waals surface area (Å²) in [4.78, 5) is 42.4. The molecule has 4 aliphatic rings. The van der Waals surface area contributed by atoms with Gasteiger partial charge in [0.15, 0.2) is 0 Å². The summed E-state index contributed by atoms with van der Waals surface area (Å²) in [5.41, 5.74) is 1.74. The molecule has 0 radical (unpaired) electrons. The third-order valence-electron chi connectivity index (χ3n) is 7.50. The van der Waals surface area contributed by atoms with Gasteiger partial charge in [-0.05, 0) is 41.3 Å². The first kappa shape index (κ1) is 19.8. The van der Waals surface area contributed by atoms with Gasteiger partial charge in [-0.2, -0.15) is 0 Å². The van der Waals surface area contributed by atoms with Crippen molar-refractivity contribution in [2.75, 3.05) is 10.1 Å². The number of imide groups is 1. The van der Waals surface area contributed by atoms with E-state index in [-0.39, 0.29) is 22.4 Å². The highest BCUT2D eigenvalue weighted by Crippen LogP contribution is 2.64. The fourth-order valence-electron chi connectivity index (χ4n) is 6.42. The number of benzene rings is 3. The maximum Gasteiger partial charge on any atom is 0.239 e. The van der Waals surface area contributed by atoms with Crippen LogP contribution >= 0.6 is 0 Å². The largest absolute Gasteiger partial charge is 0.733 e. The molecule has 7 heteroatoms. The number of anilines is 2. The minimum atomic E-state index is -1.31. The summed E-state index contributed by atoms with van der Waals surface area (Å²) in [7, 11) is 0. The maximum atomic E-state index is 14.0. The van der Waals surface area contributed by atoms with Gasteiger partial charge in [-0.1, -0.05) is 60.7 Å². The number of amides is 2. The van der Waals surface area contributed by atoms with E-state index < -0.39 is 35.0 Å². The van der Waals surface area contributed by atoms with Crippen LogP contribution in [0.15, 0.2) is 72.8 Å². The quantitative estimate of drug-likeness (QED) is 0.495. The Morgan fingerprint density at radius 3 is 2.03 bits per heavy atom. The average molecular weight is 439 g/mol. The van der Waals surface area contributed by atoms with Crippen LogP contribution in [0.25, 0.3) is 0 Å². The molecule has 7 rings (SSSR count). The van der Waals surface area contributed by atoms with Gasteiger partial charge < -0.3 is 10.4 Å². The van der Waals surface area contributed by atoms with E-state index in [4.69, 9.17) is 0 Å². The summed E-state index contributed by atoms with van der Waals surface area (Å²) in [6.07, 6.45) is 0. The summed E-state index contributed by atoms with van der Waals surface area (Å²) < 4.78 is 0. The molecule has 2 atom stereocenters. The summed E-state index contributed by atoms with van der Waals surface area (Å²) in [5, 5.41) is 21.0. The standard InChI is InChI=1S/C26H19N2O5/c1-14(29)26-17-10-4-2-8-15(17)21(16-9-3-5-11-18(16)26)22-23(26)25(31)27(24(22)30)19-12-6-7-13-20(19)28(32)33/h2-13,21-23,32H,1H3/q-1/t21?,22-,23-,26?/m1/s1. The second-order valence-electron chi connectivity index (χ2n) is 8.79. The molecule has 0 aromatic heterocycles. The second-order valence-corrected chi connectivity index (χ2v) is 8.79. The second kappa shape index (κ2) is 6.60. The van der Waals surface area contributed by atoms with E-state index in [0.29, 0.717) is 0 Å². The number of nitrogens with zero attached hydrogens (tertiary/aromatic N) is 2. The van der Waals surface area contributed by atoms with Crippen LogP contribution in [0, 0.1) is 17.0 Å². The highest BCUT2D eigenvalue weighted by atomic mass is 16.8. The van der Waals surface area contributed by atoms with Crippen LogP contribution in [-0.2, 0) is 19.8 Å². The summed E-state index contributed by atoms with van der Waals surface area (Å²) in [6.45, 7) is 1.47. The highest BCUT2D eigenvalue weighted by molar-refractivity contribution is 6.26. The number of para-hydroxylation sites is 2. The van der Waals surface area contributed by atoms with Gasteiger partial charge in [-0.25, -0.2) is 4.90 Å². The normalized spacial score (nSPS) is 26.6. The minimum absolute atomic E-state index is 0.00520. The number of Topliss-reactive ketones (excluding diaryl/α,β-unsaturated/α-hetero) is 1. The molecule has 164 valence electrons. The molecular formula is C26H19N2O5-. The Kier molecular flexibility index (Phi) is 3.97. The molecule has 7 nitrogen and oxygen atoms in total. The molecular weight excluding hydrogens is 420 g/mol. The Hall–Kier alpha value is -3.81. The lowest BCUT2D eigenvalue weighted by Crippen LogP contribution is -2.57. The Morgan fingerprint density at radius 1 is 0.909 bits per heavy atom. The Morgan fingerprint density at radius 2 is 1.45 bits per heavy atom. The lowest BCUT2D eigenvalue weighted by Gasteiger charge is -2.52. The topological polar surface area (TPSA) is 101 Å². The minimum Gasteiger partial charge on any atom is -0.733 e. The van der Waals surface area contributed by atoms with Gasteiger partial charge >= 0.3 is 0 Å². The first-order chi connectivity index (χ1) is 15.9. The van der Waals surface area contributed by atoms with E-state index in [1.807, 2.05) is 48.5 Å². The lowest BCUT2D eigenvalue weighted by molar-refractivity contribution is -0.132. The molecule has 1 saturated heterocycles. The number of rotatable bonds is 3. The van der Waals surface area contributed by atoms with Gasteiger partial charge in [0, 0.05) is 5.92 Å². The van der Waals surface area contributed by atoms with Crippen molar-refractivity contribution in [2.45, 2.75) is 18.3 Å². The van der Waals surface area contributed by atoms with Gasteiger partial charge in [0.2, 0.25) is 11.8 Å². The molecule has 1 N–H and O–H groups in total. The zero-order valence-electron chi connectivity index (χ0n) is 17.6. The van der Waals surface area contributed by atoms with Gasteiger partial charge in [0.05, 0.1) is 28.6 Å². The molecule has 0 spiro atoms. The van der Waals surface area contributed by atoms with Crippen LogP contribution < -0.4 is 10.1 Å². The highest BCUT2D eigenvalue weighted by Gasteiger charge is 2.70. The van der Waals surface area contributed by atoms with E-state index in [9.17, 15) is 24.8 Å². The number of carbonyl (C=O) groups is 3. The molecule has 1 heterocycles. The first-order valence-corrected chi connectivity index (χ1v) is 10.7. The number of hydrogen-bond acceptors (Lipinski definition) is 6. The zero-order chi connectivity index (χ0) is 23.1. The smallest absolute Gasteiger partial charge is 0.239 e. The summed E-state index contributed by atoms with van der Waals surface area (Å²) >= 11 is 0. The molecule has 33 heavy (non-hydrogen) atoms. The average Bonchev–Trinajstić information content (AvgIpc) is 3.09. The number of hydrogen-bond donors (Lipinski definition) is 1. The molecule has 3 aliphatic carbocycles. The SMILES string of the molecule is CC(=O)C12c3ccccc3C(c3ccccc31)[C@H]1C(=O)N(c3ccccc3N([O-])O)C(=O)[C@@H]12. The molecule has 0 saturated carbocycles. The van der Waals surface area contributed by atoms with Crippen molar-refractivity contribution in [2.24, 2.45) is 11.8 Å². The van der Waals surface area contributed by atoms with Gasteiger partial charge in [0.25, 0.3) is 0 Å². The maximum absolute atomic E-state index is 14.0. The fraction of sp³-hybridized carbons (Fsp3) is 0.192. The molecule has 2 amide bonds. The van der Waals surface area contributed by atoms with Gasteiger partial charge in [0.1, 0.15) is 5.78 Å². The van der Waals surface area contributed by atoms with Crippen molar-refractivity contribution in [3.8, 4) is 0 Å². The number of carbonyl (C=O) groups excluding carboxylic acids is 3. The first-order valence-electron chi connectivity index (χ1n) is 10.7. The molecule has 1 fully saturated rings. The van der Waals surface area contributed by atoms with Gasteiger partial charge in [-0.15, -0.1) is 0 Å². The van der Waals surface area contributed by atoms with Crippen LogP contribution in [0.5, 0.6) is 0 Å². The molecule has 1 aliphatic heterocycles.